The van der Waals surface area contributed by atoms with Gasteiger partial charge in [0.05, 0.1) is 7.11 Å². The topological polar surface area (TPSA) is 43.4 Å². The highest BCUT2D eigenvalue weighted by atomic mass is 16.5. The van der Waals surface area contributed by atoms with Crippen molar-refractivity contribution in [1.82, 2.24) is 10.3 Å². The fraction of sp³-hybridized carbons (Fsp3) is 0.312. The molecule has 20 heavy (non-hydrogen) atoms. The molecule has 0 aliphatic carbocycles. The van der Waals surface area contributed by atoms with E-state index in [1.807, 2.05) is 37.4 Å². The van der Waals surface area contributed by atoms with Crippen LogP contribution >= 0.6 is 0 Å². The minimum atomic E-state index is 0.216. The van der Waals surface area contributed by atoms with Gasteiger partial charge in [-0.1, -0.05) is 6.07 Å². The molecular weight excluding hydrogens is 252 g/mol. The Morgan fingerprint density at radius 2 is 1.95 bits per heavy atom. The Balaban J connectivity index is 2.19. The Hall–Kier alpha value is -2.07. The molecule has 0 spiro atoms. The van der Waals surface area contributed by atoms with Gasteiger partial charge in [-0.15, -0.1) is 0 Å². The molecule has 0 aliphatic heterocycles. The van der Waals surface area contributed by atoms with Crippen molar-refractivity contribution in [3.05, 3.63) is 53.9 Å². The molecule has 4 heteroatoms. The third kappa shape index (κ3) is 3.48. The highest BCUT2D eigenvalue weighted by molar-refractivity contribution is 5.42. The van der Waals surface area contributed by atoms with E-state index in [0.29, 0.717) is 6.61 Å². The minimum absolute atomic E-state index is 0.216. The first-order valence-electron chi connectivity index (χ1n) is 6.61. The van der Waals surface area contributed by atoms with Crippen LogP contribution in [0.25, 0.3) is 0 Å². The summed E-state index contributed by atoms with van der Waals surface area (Å²) < 4.78 is 11.2. The largest absolute Gasteiger partial charge is 0.497 e. The molecule has 2 aromatic rings. The Bertz CT molecular complexity index is 543. The van der Waals surface area contributed by atoms with Crippen LogP contribution in [0.2, 0.25) is 0 Å². The molecule has 1 aromatic carbocycles. The van der Waals surface area contributed by atoms with Gasteiger partial charge < -0.3 is 14.8 Å². The van der Waals surface area contributed by atoms with Gasteiger partial charge in [-0.3, -0.25) is 4.98 Å². The number of pyridine rings is 1. The smallest absolute Gasteiger partial charge is 0.128 e. The quantitative estimate of drug-likeness (QED) is 0.878. The monoisotopic (exact) mass is 272 g/mol. The van der Waals surface area contributed by atoms with Gasteiger partial charge in [-0.2, -0.15) is 0 Å². The first-order valence-corrected chi connectivity index (χ1v) is 6.61. The van der Waals surface area contributed by atoms with Gasteiger partial charge in [0.25, 0.3) is 0 Å². The molecule has 1 N–H and O–H groups in total. The fourth-order valence-corrected chi connectivity index (χ4v) is 1.92. The number of hydrogen-bond donors (Lipinski definition) is 1. The van der Waals surface area contributed by atoms with E-state index in [0.717, 1.165) is 22.6 Å². The number of ether oxygens (including phenoxy) is 2. The SMILES string of the molecule is CNC(C)c1ccc(OC)cc1OCc1ccncc1. The van der Waals surface area contributed by atoms with Gasteiger partial charge >= 0.3 is 0 Å². The van der Waals surface area contributed by atoms with Gasteiger partial charge in [-0.05, 0) is 37.7 Å². The van der Waals surface area contributed by atoms with Crippen LogP contribution in [-0.2, 0) is 6.61 Å². The molecule has 4 nitrogen and oxygen atoms in total. The van der Waals surface area contributed by atoms with Gasteiger partial charge in [-0.25, -0.2) is 0 Å². The van der Waals surface area contributed by atoms with E-state index in [4.69, 9.17) is 9.47 Å². The van der Waals surface area contributed by atoms with Crippen LogP contribution in [0.5, 0.6) is 11.5 Å². The van der Waals surface area contributed by atoms with Crippen molar-refractivity contribution in [1.29, 1.82) is 0 Å². The lowest BCUT2D eigenvalue weighted by molar-refractivity contribution is 0.297. The second-order valence-electron chi connectivity index (χ2n) is 4.56. The molecule has 0 saturated carbocycles. The predicted octanol–water partition coefficient (Wildman–Crippen LogP) is 2.95. The number of nitrogens with zero attached hydrogens (tertiary/aromatic N) is 1. The lowest BCUT2D eigenvalue weighted by Crippen LogP contribution is -2.13. The van der Waals surface area contributed by atoms with E-state index in [1.54, 1.807) is 19.5 Å². The number of aromatic nitrogens is 1. The number of benzene rings is 1. The standard InChI is InChI=1S/C16H20N2O2/c1-12(17-2)15-5-4-14(19-3)10-16(15)20-11-13-6-8-18-9-7-13/h4-10,12,17H,11H2,1-3H3. The molecule has 2 rings (SSSR count). The summed E-state index contributed by atoms with van der Waals surface area (Å²) in [4.78, 5) is 4.00. The predicted molar refractivity (Wildman–Crippen MR) is 79.0 cm³/mol. The Labute approximate surface area is 119 Å². The van der Waals surface area contributed by atoms with Crippen LogP contribution in [0.4, 0.5) is 0 Å². The molecule has 0 radical (unpaired) electrons. The zero-order chi connectivity index (χ0) is 14.4. The fourth-order valence-electron chi connectivity index (χ4n) is 1.92. The van der Waals surface area contributed by atoms with E-state index in [1.165, 1.54) is 0 Å². The van der Waals surface area contributed by atoms with Gasteiger partial charge in [0.2, 0.25) is 0 Å². The number of rotatable bonds is 6. The zero-order valence-electron chi connectivity index (χ0n) is 12.1. The molecule has 1 heterocycles. The Morgan fingerprint density at radius 1 is 1.20 bits per heavy atom. The van der Waals surface area contributed by atoms with Crippen LogP contribution in [0.1, 0.15) is 24.1 Å². The summed E-state index contributed by atoms with van der Waals surface area (Å²) in [6.07, 6.45) is 3.53. The number of methoxy groups -OCH3 is 1. The molecule has 1 atom stereocenters. The Kier molecular flexibility index (Phi) is 4.96. The van der Waals surface area contributed by atoms with Crippen LogP contribution in [0, 0.1) is 0 Å². The van der Waals surface area contributed by atoms with Crippen LogP contribution < -0.4 is 14.8 Å². The molecule has 0 amide bonds. The first-order chi connectivity index (χ1) is 9.74. The molecule has 1 unspecified atom stereocenters. The zero-order valence-corrected chi connectivity index (χ0v) is 12.1. The average molecular weight is 272 g/mol. The van der Waals surface area contributed by atoms with E-state index in [9.17, 15) is 0 Å². The molecule has 0 bridgehead atoms. The van der Waals surface area contributed by atoms with Crippen LogP contribution in [-0.4, -0.2) is 19.1 Å². The normalized spacial score (nSPS) is 11.9. The summed E-state index contributed by atoms with van der Waals surface area (Å²) in [5, 5.41) is 3.23. The van der Waals surface area contributed by atoms with E-state index in [-0.39, 0.29) is 6.04 Å². The van der Waals surface area contributed by atoms with Gasteiger partial charge in [0.15, 0.2) is 0 Å². The average Bonchev–Trinajstić information content (AvgIpc) is 2.52. The number of nitrogens with one attached hydrogen (secondary N) is 1. The van der Waals surface area contributed by atoms with Crippen molar-refractivity contribution < 1.29 is 9.47 Å². The number of hydrogen-bond acceptors (Lipinski definition) is 4. The van der Waals surface area contributed by atoms with Crippen LogP contribution in [0.15, 0.2) is 42.7 Å². The van der Waals surface area contributed by atoms with E-state index in [2.05, 4.69) is 17.2 Å². The third-order valence-corrected chi connectivity index (χ3v) is 3.26. The first kappa shape index (κ1) is 14.3. The Morgan fingerprint density at radius 3 is 2.60 bits per heavy atom. The molecular formula is C16H20N2O2. The van der Waals surface area contributed by atoms with Crippen molar-refractivity contribution in [3.63, 3.8) is 0 Å². The van der Waals surface area contributed by atoms with E-state index >= 15 is 0 Å². The second-order valence-corrected chi connectivity index (χ2v) is 4.56. The molecule has 0 saturated heterocycles. The van der Waals surface area contributed by atoms with Crippen molar-refractivity contribution in [2.75, 3.05) is 14.2 Å². The lowest BCUT2D eigenvalue weighted by Gasteiger charge is -2.17. The maximum Gasteiger partial charge on any atom is 0.128 e. The highest BCUT2D eigenvalue weighted by Crippen LogP contribution is 2.30. The maximum atomic E-state index is 5.94. The molecule has 0 fully saturated rings. The highest BCUT2D eigenvalue weighted by Gasteiger charge is 2.11. The van der Waals surface area contributed by atoms with Crippen LogP contribution in [0.3, 0.4) is 0 Å². The molecule has 0 aliphatic rings. The summed E-state index contributed by atoms with van der Waals surface area (Å²) in [6, 6.07) is 10.0. The van der Waals surface area contributed by atoms with E-state index < -0.39 is 0 Å². The summed E-state index contributed by atoms with van der Waals surface area (Å²) in [5.41, 5.74) is 2.20. The molecule has 106 valence electrons. The van der Waals surface area contributed by atoms with Crippen molar-refractivity contribution in [2.45, 2.75) is 19.6 Å². The summed E-state index contributed by atoms with van der Waals surface area (Å²) in [7, 11) is 3.59. The van der Waals surface area contributed by atoms with Crippen molar-refractivity contribution in [3.8, 4) is 11.5 Å². The maximum absolute atomic E-state index is 5.94. The second kappa shape index (κ2) is 6.91. The summed E-state index contributed by atoms with van der Waals surface area (Å²) >= 11 is 0. The minimum Gasteiger partial charge on any atom is -0.497 e. The summed E-state index contributed by atoms with van der Waals surface area (Å²) in [5.74, 6) is 1.63. The van der Waals surface area contributed by atoms with Crippen molar-refractivity contribution in [2.24, 2.45) is 0 Å². The van der Waals surface area contributed by atoms with Crippen molar-refractivity contribution >= 4 is 0 Å². The van der Waals surface area contributed by atoms with Gasteiger partial charge in [0, 0.05) is 30.1 Å². The lowest BCUT2D eigenvalue weighted by atomic mass is 10.1. The van der Waals surface area contributed by atoms with Gasteiger partial charge in [0.1, 0.15) is 18.1 Å². The molecule has 1 aromatic heterocycles. The third-order valence-electron chi connectivity index (χ3n) is 3.26. The summed E-state index contributed by atoms with van der Waals surface area (Å²) in [6.45, 7) is 2.61.